The predicted octanol–water partition coefficient (Wildman–Crippen LogP) is 2.00. The molecule has 1 saturated heterocycles. The maximum Gasteiger partial charge on any atom is 0.314 e. The van der Waals surface area contributed by atoms with Gasteiger partial charge >= 0.3 is 6.03 Å². The molecule has 1 fully saturated rings. The molecule has 2 atom stereocenters. The van der Waals surface area contributed by atoms with Gasteiger partial charge in [-0.15, -0.1) is 0 Å². The van der Waals surface area contributed by atoms with Crippen molar-refractivity contribution >= 4 is 6.03 Å². The topological polar surface area (TPSA) is 62.8 Å². The van der Waals surface area contributed by atoms with E-state index in [1.165, 1.54) is 12.1 Å². The van der Waals surface area contributed by atoms with E-state index >= 15 is 0 Å². The molecular formula is C18H28FN3O3. The highest BCUT2D eigenvalue weighted by Crippen LogP contribution is 2.11. The Labute approximate surface area is 148 Å². The zero-order valence-corrected chi connectivity index (χ0v) is 15.0. The smallest absolute Gasteiger partial charge is 0.314 e. The number of rotatable bonds is 8. The highest BCUT2D eigenvalue weighted by Gasteiger charge is 2.21. The molecule has 0 spiro atoms. The summed E-state index contributed by atoms with van der Waals surface area (Å²) >= 11 is 0. The van der Waals surface area contributed by atoms with Crippen molar-refractivity contribution in [3.63, 3.8) is 0 Å². The highest BCUT2D eigenvalue weighted by molar-refractivity contribution is 5.73. The first-order chi connectivity index (χ1) is 12.0. The molecule has 0 bridgehead atoms. The highest BCUT2D eigenvalue weighted by atomic mass is 19.1. The first-order valence-electron chi connectivity index (χ1n) is 8.81. The number of carbonyl (C=O) groups is 1. The summed E-state index contributed by atoms with van der Waals surface area (Å²) in [4.78, 5) is 14.1. The Kier molecular flexibility index (Phi) is 7.94. The van der Waals surface area contributed by atoms with Crippen LogP contribution in [0.3, 0.4) is 0 Å². The zero-order chi connectivity index (χ0) is 18.1. The molecule has 2 rings (SSSR count). The molecule has 2 N–H and O–H groups in total. The van der Waals surface area contributed by atoms with E-state index in [4.69, 9.17) is 9.47 Å². The molecule has 25 heavy (non-hydrogen) atoms. The molecular weight excluding hydrogens is 325 g/mol. The molecule has 7 heteroatoms. The van der Waals surface area contributed by atoms with Crippen LogP contribution >= 0.6 is 0 Å². The van der Waals surface area contributed by atoms with Crippen LogP contribution in [0.15, 0.2) is 24.3 Å². The van der Waals surface area contributed by atoms with Crippen LogP contribution in [-0.2, 0) is 4.74 Å². The second kappa shape index (κ2) is 10.2. The van der Waals surface area contributed by atoms with Gasteiger partial charge in [0.1, 0.15) is 18.2 Å². The Balaban J connectivity index is 1.49. The summed E-state index contributed by atoms with van der Waals surface area (Å²) in [5.41, 5.74) is 0. The van der Waals surface area contributed by atoms with Gasteiger partial charge in [-0.2, -0.15) is 0 Å². The minimum atomic E-state index is -0.341. The maximum absolute atomic E-state index is 13.0. The van der Waals surface area contributed by atoms with Crippen LogP contribution in [0.1, 0.15) is 20.3 Å². The van der Waals surface area contributed by atoms with Crippen molar-refractivity contribution in [2.45, 2.75) is 32.5 Å². The van der Waals surface area contributed by atoms with Gasteiger partial charge in [0.15, 0.2) is 0 Å². The maximum atomic E-state index is 13.0. The normalized spacial score (nSPS) is 20.9. The molecule has 0 radical (unpaired) electrons. The van der Waals surface area contributed by atoms with E-state index in [1.54, 1.807) is 12.1 Å². The van der Waals surface area contributed by atoms with Crippen LogP contribution < -0.4 is 15.4 Å². The van der Waals surface area contributed by atoms with Crippen LogP contribution in [-0.4, -0.2) is 62.5 Å². The molecule has 1 aromatic carbocycles. The van der Waals surface area contributed by atoms with Crippen LogP contribution in [0.4, 0.5) is 9.18 Å². The van der Waals surface area contributed by atoms with Gasteiger partial charge in [0.25, 0.3) is 0 Å². The number of halogens is 1. The minimum absolute atomic E-state index is 0.216. The van der Waals surface area contributed by atoms with E-state index in [1.807, 2.05) is 0 Å². The number of nitrogens with one attached hydrogen (secondary N) is 2. The SMILES string of the molecule is CC1CN(CCCNC(=O)NCCOc2cccc(F)c2)CC(C)O1. The van der Waals surface area contributed by atoms with Gasteiger partial charge in [-0.3, -0.25) is 4.90 Å². The average Bonchev–Trinajstić information content (AvgIpc) is 2.55. The first kappa shape index (κ1) is 19.5. The van der Waals surface area contributed by atoms with Gasteiger partial charge in [0.2, 0.25) is 0 Å². The van der Waals surface area contributed by atoms with Gasteiger partial charge in [-0.25, -0.2) is 9.18 Å². The monoisotopic (exact) mass is 353 g/mol. The molecule has 0 saturated carbocycles. The summed E-state index contributed by atoms with van der Waals surface area (Å²) in [5, 5.41) is 5.55. The lowest BCUT2D eigenvalue weighted by Crippen LogP contribution is -2.46. The Hall–Kier alpha value is -1.86. The molecule has 1 aliphatic rings. The number of hydrogen-bond acceptors (Lipinski definition) is 4. The van der Waals surface area contributed by atoms with E-state index < -0.39 is 0 Å². The fourth-order valence-electron chi connectivity index (χ4n) is 2.92. The molecule has 6 nitrogen and oxygen atoms in total. The van der Waals surface area contributed by atoms with Gasteiger partial charge in [-0.1, -0.05) is 6.07 Å². The van der Waals surface area contributed by atoms with Crippen molar-refractivity contribution in [2.24, 2.45) is 0 Å². The summed E-state index contributed by atoms with van der Waals surface area (Å²) in [7, 11) is 0. The molecule has 2 amide bonds. The van der Waals surface area contributed by atoms with Gasteiger partial charge in [-0.05, 0) is 32.4 Å². The second-order valence-electron chi connectivity index (χ2n) is 6.36. The molecule has 1 aromatic rings. The van der Waals surface area contributed by atoms with Crippen molar-refractivity contribution < 1.29 is 18.7 Å². The van der Waals surface area contributed by atoms with Crippen LogP contribution in [0.2, 0.25) is 0 Å². The van der Waals surface area contributed by atoms with Crippen molar-refractivity contribution in [2.75, 3.05) is 39.3 Å². The lowest BCUT2D eigenvalue weighted by molar-refractivity contribution is -0.0679. The van der Waals surface area contributed by atoms with Crippen molar-refractivity contribution in [3.05, 3.63) is 30.1 Å². The standard InChI is InChI=1S/C18H28FN3O3/c1-14-12-22(13-15(2)25-14)9-4-7-20-18(23)21-8-10-24-17-6-3-5-16(19)11-17/h3,5-6,11,14-15H,4,7-10,12-13H2,1-2H3,(H2,20,21,23). The van der Waals surface area contributed by atoms with Crippen molar-refractivity contribution in [1.82, 2.24) is 15.5 Å². The Bertz CT molecular complexity index is 534. The van der Waals surface area contributed by atoms with Crippen LogP contribution in [0.5, 0.6) is 5.75 Å². The number of ether oxygens (including phenoxy) is 2. The number of morpholine rings is 1. The largest absolute Gasteiger partial charge is 0.492 e. The third-order valence-corrected chi connectivity index (χ3v) is 3.88. The van der Waals surface area contributed by atoms with Crippen molar-refractivity contribution in [3.8, 4) is 5.75 Å². The molecule has 1 heterocycles. The number of benzene rings is 1. The zero-order valence-electron chi connectivity index (χ0n) is 15.0. The molecule has 1 aliphatic heterocycles. The third-order valence-electron chi connectivity index (χ3n) is 3.88. The van der Waals surface area contributed by atoms with Crippen LogP contribution in [0.25, 0.3) is 0 Å². The lowest BCUT2D eigenvalue weighted by atomic mass is 10.2. The van der Waals surface area contributed by atoms with E-state index in [-0.39, 0.29) is 24.1 Å². The van der Waals surface area contributed by atoms with Gasteiger partial charge in [0, 0.05) is 32.2 Å². The number of urea groups is 1. The summed E-state index contributed by atoms with van der Waals surface area (Å²) in [5.74, 6) is 0.114. The Morgan fingerprint density at radius 1 is 1.28 bits per heavy atom. The fourth-order valence-corrected chi connectivity index (χ4v) is 2.92. The van der Waals surface area contributed by atoms with E-state index in [0.29, 0.717) is 25.4 Å². The summed E-state index contributed by atoms with van der Waals surface area (Å²) in [6, 6.07) is 5.72. The minimum Gasteiger partial charge on any atom is -0.492 e. The number of nitrogens with zero attached hydrogens (tertiary/aromatic N) is 1. The molecule has 140 valence electrons. The van der Waals surface area contributed by atoms with Gasteiger partial charge in [0.05, 0.1) is 18.8 Å². The van der Waals surface area contributed by atoms with E-state index in [0.717, 1.165) is 26.1 Å². The molecule has 0 aromatic heterocycles. The summed E-state index contributed by atoms with van der Waals surface area (Å²) < 4.78 is 24.0. The Morgan fingerprint density at radius 2 is 2.00 bits per heavy atom. The summed E-state index contributed by atoms with van der Waals surface area (Å²) in [6.07, 6.45) is 1.42. The quantitative estimate of drug-likeness (QED) is 0.702. The number of hydrogen-bond donors (Lipinski definition) is 2. The first-order valence-corrected chi connectivity index (χ1v) is 8.81. The third kappa shape index (κ3) is 7.70. The Morgan fingerprint density at radius 3 is 2.72 bits per heavy atom. The van der Waals surface area contributed by atoms with E-state index in [2.05, 4.69) is 29.4 Å². The van der Waals surface area contributed by atoms with Gasteiger partial charge < -0.3 is 20.1 Å². The lowest BCUT2D eigenvalue weighted by Gasteiger charge is -2.35. The van der Waals surface area contributed by atoms with Crippen molar-refractivity contribution in [1.29, 1.82) is 0 Å². The van der Waals surface area contributed by atoms with Crippen LogP contribution in [0, 0.1) is 5.82 Å². The summed E-state index contributed by atoms with van der Waals surface area (Å²) in [6.45, 7) is 8.27. The molecule has 2 unspecified atom stereocenters. The molecule has 0 aliphatic carbocycles. The second-order valence-corrected chi connectivity index (χ2v) is 6.36. The average molecular weight is 353 g/mol. The number of carbonyl (C=O) groups excluding carboxylic acids is 1. The number of amides is 2. The fraction of sp³-hybridized carbons (Fsp3) is 0.611. The van der Waals surface area contributed by atoms with E-state index in [9.17, 15) is 9.18 Å². The predicted molar refractivity (Wildman–Crippen MR) is 94.4 cm³/mol.